The van der Waals surface area contributed by atoms with Gasteiger partial charge in [-0.2, -0.15) is 0 Å². The van der Waals surface area contributed by atoms with Crippen LogP contribution in [0.3, 0.4) is 0 Å². The molecule has 0 aliphatic heterocycles. The molecule has 0 bridgehead atoms. The quantitative estimate of drug-likeness (QED) is 0.481. The number of aromatic nitrogens is 3. The van der Waals surface area contributed by atoms with Gasteiger partial charge in [0.1, 0.15) is 11.3 Å². The Kier molecular flexibility index (Phi) is 5.05. The Balaban J connectivity index is 1.68. The minimum absolute atomic E-state index is 0.123. The lowest BCUT2D eigenvalue weighted by Gasteiger charge is -2.10. The third-order valence-corrected chi connectivity index (χ3v) is 6.01. The second-order valence-electron chi connectivity index (χ2n) is 6.88. The molecule has 30 heavy (non-hydrogen) atoms. The zero-order chi connectivity index (χ0) is 21.5. The van der Waals surface area contributed by atoms with Crippen LogP contribution in [0.25, 0.3) is 22.2 Å². The first-order chi connectivity index (χ1) is 14.2. The van der Waals surface area contributed by atoms with Crippen molar-refractivity contribution in [2.24, 2.45) is 0 Å². The number of benzene rings is 3. The summed E-state index contributed by atoms with van der Waals surface area (Å²) in [6.07, 6.45) is 1.16. The normalized spacial score (nSPS) is 11.6. The molecule has 7 nitrogen and oxygen atoms in total. The summed E-state index contributed by atoms with van der Waals surface area (Å²) < 4.78 is 23.2. The van der Waals surface area contributed by atoms with Crippen LogP contribution in [0.4, 0.5) is 11.6 Å². The first kappa shape index (κ1) is 20.1. The predicted molar refractivity (Wildman–Crippen MR) is 117 cm³/mol. The maximum Gasteiger partial charge on any atom is 0.247 e. The summed E-state index contributed by atoms with van der Waals surface area (Å²) in [7, 11) is -3.26. The van der Waals surface area contributed by atoms with E-state index in [9.17, 15) is 13.5 Å². The number of fused-ring (bicyclic) bond motifs is 1. The van der Waals surface area contributed by atoms with Crippen molar-refractivity contribution in [3.63, 3.8) is 0 Å². The fraction of sp³-hybridized carbons (Fsp3) is 0.0952. The smallest absolute Gasteiger partial charge is 0.247 e. The summed E-state index contributed by atoms with van der Waals surface area (Å²) in [6, 6.07) is 14.8. The van der Waals surface area contributed by atoms with Crippen molar-refractivity contribution in [2.45, 2.75) is 11.8 Å². The van der Waals surface area contributed by atoms with E-state index in [1.165, 1.54) is 18.2 Å². The van der Waals surface area contributed by atoms with E-state index >= 15 is 0 Å². The van der Waals surface area contributed by atoms with Gasteiger partial charge in [0.15, 0.2) is 9.84 Å². The van der Waals surface area contributed by atoms with Crippen molar-refractivity contribution in [2.75, 3.05) is 11.6 Å². The molecule has 0 aliphatic rings. The van der Waals surface area contributed by atoms with E-state index in [-0.39, 0.29) is 10.6 Å². The minimum Gasteiger partial charge on any atom is -0.508 e. The topological polar surface area (TPSA) is 105 Å². The maximum atomic E-state index is 11.6. The third kappa shape index (κ3) is 4.05. The number of nitrogens with one attached hydrogen (secondary N) is 1. The number of aromatic hydroxyl groups is 1. The summed E-state index contributed by atoms with van der Waals surface area (Å²) in [5.74, 6) is 0.415. The van der Waals surface area contributed by atoms with Gasteiger partial charge in [0.2, 0.25) is 5.95 Å². The van der Waals surface area contributed by atoms with Crippen LogP contribution in [-0.4, -0.2) is 35.0 Å². The number of hydrogen-bond donors (Lipinski definition) is 2. The number of nitrogens with zero attached hydrogens (tertiary/aromatic N) is 3. The first-order valence-corrected chi connectivity index (χ1v) is 11.2. The number of sulfone groups is 1. The van der Waals surface area contributed by atoms with Gasteiger partial charge in [-0.3, -0.25) is 0 Å². The first-order valence-electron chi connectivity index (χ1n) is 8.92. The molecule has 0 spiro atoms. The van der Waals surface area contributed by atoms with Crippen molar-refractivity contribution >= 4 is 44.1 Å². The van der Waals surface area contributed by atoms with E-state index in [0.717, 1.165) is 17.4 Å². The average Bonchev–Trinajstić information content (AvgIpc) is 2.70. The van der Waals surface area contributed by atoms with Crippen molar-refractivity contribution in [3.05, 3.63) is 65.2 Å². The van der Waals surface area contributed by atoms with Gasteiger partial charge in [0, 0.05) is 22.5 Å². The van der Waals surface area contributed by atoms with Crippen molar-refractivity contribution in [3.8, 4) is 16.9 Å². The Labute approximate surface area is 178 Å². The number of aryl methyl sites for hydroxylation is 1. The van der Waals surface area contributed by atoms with Gasteiger partial charge in [-0.1, -0.05) is 11.6 Å². The van der Waals surface area contributed by atoms with Crippen LogP contribution < -0.4 is 5.32 Å². The van der Waals surface area contributed by atoms with Gasteiger partial charge in [0.05, 0.1) is 10.4 Å². The number of rotatable bonds is 4. The van der Waals surface area contributed by atoms with E-state index in [1.54, 1.807) is 24.3 Å². The fourth-order valence-electron chi connectivity index (χ4n) is 3.07. The van der Waals surface area contributed by atoms with Crippen LogP contribution in [0.5, 0.6) is 5.75 Å². The largest absolute Gasteiger partial charge is 0.508 e. The molecule has 2 N–H and O–H groups in total. The van der Waals surface area contributed by atoms with Crippen LogP contribution in [0, 0.1) is 6.92 Å². The van der Waals surface area contributed by atoms with Gasteiger partial charge in [0.25, 0.3) is 0 Å². The molecule has 0 atom stereocenters. The standard InChI is InChI=1S/C21H17ClN4O3S/c1-12-9-13(17-11-15(27)5-8-18(17)22)10-19-20(12)24-21(26-25-19)23-14-3-6-16(7-4-14)30(2,28)29/h3-11,27H,1-2H3,(H,23,24,26). The number of hydrogen-bond acceptors (Lipinski definition) is 7. The minimum atomic E-state index is -3.26. The van der Waals surface area contributed by atoms with E-state index < -0.39 is 9.84 Å². The monoisotopic (exact) mass is 440 g/mol. The Morgan fingerprint density at radius 3 is 2.43 bits per heavy atom. The molecule has 9 heteroatoms. The lowest BCUT2D eigenvalue weighted by molar-refractivity contribution is 0.475. The molecule has 1 heterocycles. The molecule has 0 unspecified atom stereocenters. The lowest BCUT2D eigenvalue weighted by atomic mass is 10.0. The number of anilines is 2. The van der Waals surface area contributed by atoms with E-state index in [0.29, 0.717) is 33.3 Å². The third-order valence-electron chi connectivity index (χ3n) is 4.55. The van der Waals surface area contributed by atoms with Crippen LogP contribution >= 0.6 is 11.6 Å². The highest BCUT2D eigenvalue weighted by Crippen LogP contribution is 2.33. The molecule has 152 valence electrons. The molecule has 0 radical (unpaired) electrons. The highest BCUT2D eigenvalue weighted by atomic mass is 35.5. The molecule has 0 saturated heterocycles. The van der Waals surface area contributed by atoms with E-state index in [1.807, 2.05) is 19.1 Å². The summed E-state index contributed by atoms with van der Waals surface area (Å²) in [6.45, 7) is 1.90. The average molecular weight is 441 g/mol. The SMILES string of the molecule is Cc1cc(-c2cc(O)ccc2Cl)cc2nnc(Nc3ccc(S(C)(=O)=O)cc3)nc12. The van der Waals surface area contributed by atoms with Crippen LogP contribution in [0.1, 0.15) is 5.56 Å². The molecule has 0 aliphatic carbocycles. The zero-order valence-corrected chi connectivity index (χ0v) is 17.7. The predicted octanol–water partition coefficient (Wildman–Crippen LogP) is 4.51. The summed E-state index contributed by atoms with van der Waals surface area (Å²) in [4.78, 5) is 4.77. The van der Waals surface area contributed by atoms with Gasteiger partial charge in [-0.15, -0.1) is 10.2 Å². The van der Waals surface area contributed by atoms with E-state index in [2.05, 4.69) is 20.5 Å². The number of halogens is 1. The Morgan fingerprint density at radius 1 is 1.00 bits per heavy atom. The van der Waals surface area contributed by atoms with Gasteiger partial charge in [-0.25, -0.2) is 13.4 Å². The second kappa shape index (κ2) is 7.55. The summed E-state index contributed by atoms with van der Waals surface area (Å²) >= 11 is 6.28. The highest BCUT2D eigenvalue weighted by Gasteiger charge is 2.12. The Morgan fingerprint density at radius 2 is 1.73 bits per heavy atom. The van der Waals surface area contributed by atoms with Crippen molar-refractivity contribution < 1.29 is 13.5 Å². The van der Waals surface area contributed by atoms with Crippen molar-refractivity contribution in [1.82, 2.24) is 15.2 Å². The molecule has 3 aromatic carbocycles. The van der Waals surface area contributed by atoms with Crippen LogP contribution in [0.15, 0.2) is 59.5 Å². The Hall–Kier alpha value is -3.23. The number of phenolic OH excluding ortho intramolecular Hbond substituents is 1. The summed E-state index contributed by atoms with van der Waals surface area (Å²) in [5, 5.41) is 21.7. The molecule has 1 aromatic heterocycles. The molecule has 4 rings (SSSR count). The van der Waals surface area contributed by atoms with Gasteiger partial charge < -0.3 is 10.4 Å². The molecule has 0 fully saturated rings. The molecular weight excluding hydrogens is 424 g/mol. The molecule has 0 saturated carbocycles. The van der Waals surface area contributed by atoms with E-state index in [4.69, 9.17) is 11.6 Å². The fourth-order valence-corrected chi connectivity index (χ4v) is 3.93. The Bertz CT molecular complexity index is 1370. The van der Waals surface area contributed by atoms with Gasteiger partial charge in [-0.05, 0) is 72.6 Å². The molecule has 4 aromatic rings. The maximum absolute atomic E-state index is 11.6. The van der Waals surface area contributed by atoms with Crippen LogP contribution in [-0.2, 0) is 9.84 Å². The number of phenols is 1. The van der Waals surface area contributed by atoms with Gasteiger partial charge >= 0.3 is 0 Å². The molecule has 0 amide bonds. The summed E-state index contributed by atoms with van der Waals surface area (Å²) in [5.41, 5.74) is 4.25. The zero-order valence-electron chi connectivity index (χ0n) is 16.1. The second-order valence-corrected chi connectivity index (χ2v) is 9.30. The van der Waals surface area contributed by atoms with Crippen LogP contribution in [0.2, 0.25) is 5.02 Å². The lowest BCUT2D eigenvalue weighted by Crippen LogP contribution is -2.02. The van der Waals surface area contributed by atoms with Crippen molar-refractivity contribution in [1.29, 1.82) is 0 Å². The highest BCUT2D eigenvalue weighted by molar-refractivity contribution is 7.90. The molecular formula is C21H17ClN4O3S.